The second-order valence-electron chi connectivity index (χ2n) is 4.71. The number of nitrogens with zero attached hydrogens (tertiary/aromatic N) is 2. The van der Waals surface area contributed by atoms with E-state index in [1.165, 1.54) is 7.11 Å². The lowest BCUT2D eigenvalue weighted by Crippen LogP contribution is -2.21. The van der Waals surface area contributed by atoms with Crippen LogP contribution in [0.2, 0.25) is 0 Å². The van der Waals surface area contributed by atoms with Crippen LogP contribution in [0.4, 0.5) is 0 Å². The van der Waals surface area contributed by atoms with E-state index in [9.17, 15) is 4.79 Å². The Balaban J connectivity index is 2.08. The standard InChI is InChI=1S/C17H20N2O2/c1-3-19(16-7-5-4-6-12-18-16)13-14-8-10-15(11-9-14)17(20)21-2/h4,6-12H,3,5,13H2,1-2H3. The molecule has 4 heteroatoms. The molecule has 1 aromatic carbocycles. The highest BCUT2D eigenvalue weighted by molar-refractivity contribution is 5.89. The lowest BCUT2D eigenvalue weighted by molar-refractivity contribution is 0.0600. The molecule has 0 aliphatic carbocycles. The summed E-state index contributed by atoms with van der Waals surface area (Å²) >= 11 is 0. The van der Waals surface area contributed by atoms with Gasteiger partial charge in [-0.05, 0) is 43.2 Å². The number of carbonyl (C=O) groups is 1. The van der Waals surface area contributed by atoms with Gasteiger partial charge in [0, 0.05) is 19.3 Å². The molecule has 0 unspecified atom stereocenters. The van der Waals surface area contributed by atoms with Crippen molar-refractivity contribution < 1.29 is 9.53 Å². The molecule has 0 saturated heterocycles. The molecule has 0 fully saturated rings. The van der Waals surface area contributed by atoms with E-state index in [1.807, 2.05) is 24.4 Å². The van der Waals surface area contributed by atoms with Gasteiger partial charge in [-0.15, -0.1) is 0 Å². The molecule has 1 aliphatic heterocycles. The van der Waals surface area contributed by atoms with Gasteiger partial charge in [0.05, 0.1) is 12.7 Å². The van der Waals surface area contributed by atoms with Gasteiger partial charge in [0.2, 0.25) is 0 Å². The third kappa shape index (κ3) is 4.05. The zero-order valence-electron chi connectivity index (χ0n) is 12.5. The highest BCUT2D eigenvalue weighted by atomic mass is 16.5. The summed E-state index contributed by atoms with van der Waals surface area (Å²) < 4.78 is 4.70. The molecule has 0 amide bonds. The first-order valence-corrected chi connectivity index (χ1v) is 7.06. The fraction of sp³-hybridized carbons (Fsp3) is 0.294. The number of esters is 1. The highest BCUT2D eigenvalue weighted by Gasteiger charge is 2.09. The lowest BCUT2D eigenvalue weighted by atomic mass is 10.1. The molecule has 0 N–H and O–H groups in total. The van der Waals surface area contributed by atoms with E-state index in [0.717, 1.165) is 30.9 Å². The summed E-state index contributed by atoms with van der Waals surface area (Å²) in [6.07, 6.45) is 8.87. The second-order valence-corrected chi connectivity index (χ2v) is 4.71. The number of aliphatic imine (C=N–C) groups is 1. The first kappa shape index (κ1) is 15.0. The van der Waals surface area contributed by atoms with E-state index in [1.54, 1.807) is 12.1 Å². The van der Waals surface area contributed by atoms with Gasteiger partial charge in [-0.2, -0.15) is 0 Å². The van der Waals surface area contributed by atoms with E-state index in [0.29, 0.717) is 5.56 Å². The van der Waals surface area contributed by atoms with Crippen molar-refractivity contribution in [3.05, 3.63) is 59.4 Å². The zero-order chi connectivity index (χ0) is 15.1. The average Bonchev–Trinajstić information content (AvgIpc) is 2.81. The quantitative estimate of drug-likeness (QED) is 0.780. The highest BCUT2D eigenvalue weighted by Crippen LogP contribution is 2.15. The lowest BCUT2D eigenvalue weighted by Gasteiger charge is -2.23. The first-order chi connectivity index (χ1) is 10.2. The number of hydrogen-bond donors (Lipinski definition) is 0. The van der Waals surface area contributed by atoms with Gasteiger partial charge in [-0.3, -0.25) is 0 Å². The second kappa shape index (κ2) is 7.43. The van der Waals surface area contributed by atoms with Crippen molar-refractivity contribution in [2.75, 3.05) is 13.7 Å². The summed E-state index contributed by atoms with van der Waals surface area (Å²) in [6, 6.07) is 7.49. The summed E-state index contributed by atoms with van der Waals surface area (Å²) in [5, 5.41) is 0. The summed E-state index contributed by atoms with van der Waals surface area (Å²) in [7, 11) is 1.39. The van der Waals surface area contributed by atoms with E-state index in [-0.39, 0.29) is 5.97 Å². The molecule has 1 heterocycles. The molecule has 0 saturated carbocycles. The topological polar surface area (TPSA) is 41.9 Å². The Hall–Kier alpha value is -2.36. The Kier molecular flexibility index (Phi) is 5.32. The predicted molar refractivity (Wildman–Crippen MR) is 84.2 cm³/mol. The molecule has 4 nitrogen and oxygen atoms in total. The first-order valence-electron chi connectivity index (χ1n) is 7.06. The number of rotatable bonds is 5. The Labute approximate surface area is 125 Å². The number of benzene rings is 1. The molecular formula is C17H20N2O2. The number of hydrogen-bond acceptors (Lipinski definition) is 4. The van der Waals surface area contributed by atoms with Crippen LogP contribution in [0.5, 0.6) is 0 Å². The van der Waals surface area contributed by atoms with Crippen LogP contribution in [0.25, 0.3) is 0 Å². The molecule has 21 heavy (non-hydrogen) atoms. The maximum absolute atomic E-state index is 11.4. The Morgan fingerprint density at radius 3 is 2.76 bits per heavy atom. The minimum absolute atomic E-state index is 0.309. The summed E-state index contributed by atoms with van der Waals surface area (Å²) in [6.45, 7) is 3.75. The summed E-state index contributed by atoms with van der Waals surface area (Å²) in [5.41, 5.74) is 1.71. The van der Waals surface area contributed by atoms with Crippen LogP contribution in [-0.2, 0) is 11.3 Å². The van der Waals surface area contributed by atoms with Gasteiger partial charge in [0.15, 0.2) is 0 Å². The fourth-order valence-electron chi connectivity index (χ4n) is 2.14. The van der Waals surface area contributed by atoms with Crippen LogP contribution in [0.15, 0.2) is 53.3 Å². The number of carbonyl (C=O) groups excluding carboxylic acids is 1. The Bertz CT molecular complexity index is 571. The van der Waals surface area contributed by atoms with Gasteiger partial charge in [0.1, 0.15) is 5.82 Å². The third-order valence-electron chi connectivity index (χ3n) is 3.32. The van der Waals surface area contributed by atoms with Crippen LogP contribution >= 0.6 is 0 Å². The third-order valence-corrected chi connectivity index (χ3v) is 3.32. The van der Waals surface area contributed by atoms with Crippen molar-refractivity contribution in [3.63, 3.8) is 0 Å². The number of ether oxygens (including phenoxy) is 1. The molecule has 0 radical (unpaired) electrons. The van der Waals surface area contributed by atoms with E-state index in [4.69, 9.17) is 4.74 Å². The smallest absolute Gasteiger partial charge is 0.337 e. The van der Waals surface area contributed by atoms with E-state index in [2.05, 4.69) is 29.0 Å². The minimum Gasteiger partial charge on any atom is -0.465 e. The van der Waals surface area contributed by atoms with Crippen LogP contribution in [-0.4, -0.2) is 30.7 Å². The fourth-order valence-corrected chi connectivity index (χ4v) is 2.14. The van der Waals surface area contributed by atoms with Crippen molar-refractivity contribution >= 4 is 12.2 Å². The van der Waals surface area contributed by atoms with Gasteiger partial charge in [-0.1, -0.05) is 18.2 Å². The van der Waals surface area contributed by atoms with Crippen molar-refractivity contribution in [1.29, 1.82) is 0 Å². The van der Waals surface area contributed by atoms with Gasteiger partial charge in [0.25, 0.3) is 0 Å². The molecule has 2 rings (SSSR count). The van der Waals surface area contributed by atoms with Crippen molar-refractivity contribution in [3.8, 4) is 0 Å². The molecule has 0 atom stereocenters. The maximum Gasteiger partial charge on any atom is 0.337 e. The van der Waals surface area contributed by atoms with E-state index >= 15 is 0 Å². The van der Waals surface area contributed by atoms with Crippen LogP contribution < -0.4 is 0 Å². The average molecular weight is 284 g/mol. The minimum atomic E-state index is -0.309. The molecule has 110 valence electrons. The molecule has 0 bridgehead atoms. The Morgan fingerprint density at radius 2 is 2.10 bits per heavy atom. The molecule has 1 aromatic rings. The molecule has 0 spiro atoms. The maximum atomic E-state index is 11.4. The van der Waals surface area contributed by atoms with Crippen LogP contribution in [0.1, 0.15) is 29.3 Å². The van der Waals surface area contributed by atoms with Gasteiger partial charge >= 0.3 is 5.97 Å². The summed E-state index contributed by atoms with van der Waals surface area (Å²) in [5.74, 6) is 0.676. The molecule has 0 aromatic heterocycles. The number of allylic oxidation sites excluding steroid dienone is 3. The normalized spacial score (nSPS) is 13.5. The molecule has 1 aliphatic rings. The van der Waals surface area contributed by atoms with Crippen molar-refractivity contribution in [1.82, 2.24) is 4.90 Å². The van der Waals surface area contributed by atoms with Crippen LogP contribution in [0.3, 0.4) is 0 Å². The molecular weight excluding hydrogens is 264 g/mol. The largest absolute Gasteiger partial charge is 0.465 e. The van der Waals surface area contributed by atoms with Crippen LogP contribution in [0, 0.1) is 0 Å². The summed E-state index contributed by atoms with van der Waals surface area (Å²) in [4.78, 5) is 18.1. The predicted octanol–water partition coefficient (Wildman–Crippen LogP) is 3.17. The van der Waals surface area contributed by atoms with Crippen molar-refractivity contribution in [2.45, 2.75) is 19.9 Å². The number of methoxy groups -OCH3 is 1. The zero-order valence-corrected chi connectivity index (χ0v) is 12.5. The Morgan fingerprint density at radius 1 is 1.33 bits per heavy atom. The van der Waals surface area contributed by atoms with Crippen molar-refractivity contribution in [2.24, 2.45) is 4.99 Å². The van der Waals surface area contributed by atoms with E-state index < -0.39 is 0 Å². The van der Waals surface area contributed by atoms with Gasteiger partial charge < -0.3 is 9.64 Å². The monoisotopic (exact) mass is 284 g/mol. The SMILES string of the molecule is CCN(Cc1ccc(C(=O)OC)cc1)C1=CCC=CC=N1. The van der Waals surface area contributed by atoms with Gasteiger partial charge in [-0.25, -0.2) is 9.79 Å².